The fourth-order valence-corrected chi connectivity index (χ4v) is 8.05. The number of amides is 1. The molecule has 2 aromatic rings. The SMILES string of the molecule is C[C@H]1CCc2c(sc(NC(=O)C3CCN(S(=O)(=O)c4cccs4)CC3)c2C#N)C1. The lowest BCUT2D eigenvalue weighted by Gasteiger charge is -2.30. The van der Waals surface area contributed by atoms with Crippen LogP contribution in [0.3, 0.4) is 0 Å². The molecule has 1 saturated heterocycles. The summed E-state index contributed by atoms with van der Waals surface area (Å²) in [4.78, 5) is 14.0. The first-order chi connectivity index (χ1) is 13.9. The molecule has 1 atom stereocenters. The van der Waals surface area contributed by atoms with E-state index in [1.165, 1.54) is 31.9 Å². The maximum atomic E-state index is 12.8. The van der Waals surface area contributed by atoms with Crippen molar-refractivity contribution in [2.75, 3.05) is 18.4 Å². The van der Waals surface area contributed by atoms with Gasteiger partial charge < -0.3 is 5.32 Å². The minimum atomic E-state index is -3.47. The number of nitrogens with one attached hydrogen (secondary N) is 1. The Bertz CT molecular complexity index is 1040. The summed E-state index contributed by atoms with van der Waals surface area (Å²) in [5, 5.41) is 15.0. The fourth-order valence-electron chi connectivity index (χ4n) is 4.07. The van der Waals surface area contributed by atoms with Crippen LogP contribution in [-0.4, -0.2) is 31.7 Å². The molecule has 2 aliphatic rings. The van der Waals surface area contributed by atoms with Crippen LogP contribution >= 0.6 is 22.7 Å². The predicted molar refractivity (Wildman–Crippen MR) is 115 cm³/mol. The Hall–Kier alpha value is -1.73. The quantitative estimate of drug-likeness (QED) is 0.768. The van der Waals surface area contributed by atoms with Crippen LogP contribution in [0.25, 0.3) is 0 Å². The Labute approximate surface area is 179 Å². The van der Waals surface area contributed by atoms with Gasteiger partial charge >= 0.3 is 0 Å². The molecule has 6 nitrogen and oxygen atoms in total. The van der Waals surface area contributed by atoms with Crippen molar-refractivity contribution in [1.29, 1.82) is 5.26 Å². The van der Waals surface area contributed by atoms with Crippen LogP contribution in [0.2, 0.25) is 0 Å². The molecule has 3 heterocycles. The number of sulfonamides is 1. The van der Waals surface area contributed by atoms with E-state index in [9.17, 15) is 18.5 Å². The average Bonchev–Trinajstić information content (AvgIpc) is 3.35. The number of rotatable bonds is 4. The van der Waals surface area contributed by atoms with Crippen LogP contribution in [-0.2, 0) is 27.7 Å². The fraction of sp³-hybridized carbons (Fsp3) is 0.500. The van der Waals surface area contributed by atoms with Gasteiger partial charge in [0.15, 0.2) is 0 Å². The Morgan fingerprint density at radius 2 is 2.07 bits per heavy atom. The second-order valence-corrected chi connectivity index (χ2v) is 12.0. The predicted octanol–water partition coefficient (Wildman–Crippen LogP) is 3.85. The zero-order chi connectivity index (χ0) is 20.6. The summed E-state index contributed by atoms with van der Waals surface area (Å²) >= 11 is 2.74. The second kappa shape index (κ2) is 8.19. The molecule has 0 radical (unpaired) electrons. The lowest BCUT2D eigenvalue weighted by atomic mass is 9.88. The van der Waals surface area contributed by atoms with Gasteiger partial charge in [0.25, 0.3) is 10.0 Å². The maximum absolute atomic E-state index is 12.8. The van der Waals surface area contributed by atoms with E-state index in [1.807, 2.05) is 0 Å². The summed E-state index contributed by atoms with van der Waals surface area (Å²) in [5.41, 5.74) is 1.71. The zero-order valence-corrected chi connectivity index (χ0v) is 18.6. The summed E-state index contributed by atoms with van der Waals surface area (Å²) in [7, 11) is -3.47. The van der Waals surface area contributed by atoms with Crippen LogP contribution in [0, 0.1) is 23.2 Å². The van der Waals surface area contributed by atoms with Crippen molar-refractivity contribution in [3.05, 3.63) is 33.5 Å². The van der Waals surface area contributed by atoms with E-state index in [2.05, 4.69) is 18.3 Å². The van der Waals surface area contributed by atoms with Gasteiger partial charge in [0.2, 0.25) is 5.91 Å². The summed E-state index contributed by atoms with van der Waals surface area (Å²) in [6, 6.07) is 5.62. The number of thiophene rings is 2. The van der Waals surface area contributed by atoms with Crippen molar-refractivity contribution in [3.8, 4) is 6.07 Å². The number of piperidine rings is 1. The van der Waals surface area contributed by atoms with Crippen molar-refractivity contribution in [2.45, 2.75) is 43.2 Å². The van der Waals surface area contributed by atoms with Crippen LogP contribution in [0.1, 0.15) is 42.2 Å². The summed E-state index contributed by atoms with van der Waals surface area (Å²) < 4.78 is 27.1. The average molecular weight is 450 g/mol. The lowest BCUT2D eigenvalue weighted by molar-refractivity contribution is -0.120. The number of fused-ring (bicyclic) bond motifs is 1. The number of nitriles is 1. The largest absolute Gasteiger partial charge is 0.316 e. The molecule has 1 amide bonds. The van der Waals surface area contributed by atoms with Crippen molar-refractivity contribution in [1.82, 2.24) is 4.31 Å². The highest BCUT2D eigenvalue weighted by Crippen LogP contribution is 2.39. The van der Waals surface area contributed by atoms with Gasteiger partial charge in [-0.15, -0.1) is 22.7 Å². The highest BCUT2D eigenvalue weighted by Gasteiger charge is 2.33. The molecule has 29 heavy (non-hydrogen) atoms. The molecule has 154 valence electrons. The van der Waals surface area contributed by atoms with Crippen LogP contribution in [0.4, 0.5) is 5.00 Å². The first-order valence-corrected chi connectivity index (χ1v) is 12.9. The third-order valence-electron chi connectivity index (χ3n) is 5.77. The van der Waals surface area contributed by atoms with Gasteiger partial charge in [-0.3, -0.25) is 4.79 Å². The molecule has 1 fully saturated rings. The van der Waals surface area contributed by atoms with E-state index < -0.39 is 10.0 Å². The van der Waals surface area contributed by atoms with Gasteiger partial charge in [0, 0.05) is 23.9 Å². The molecule has 9 heteroatoms. The minimum absolute atomic E-state index is 0.110. The van der Waals surface area contributed by atoms with Crippen molar-refractivity contribution in [2.24, 2.45) is 11.8 Å². The Balaban J connectivity index is 1.42. The third-order valence-corrected chi connectivity index (χ3v) is 10.2. The molecule has 1 N–H and O–H groups in total. The number of nitrogens with zero attached hydrogens (tertiary/aromatic N) is 2. The first kappa shape index (κ1) is 20.5. The highest BCUT2D eigenvalue weighted by molar-refractivity contribution is 7.91. The Kier molecular flexibility index (Phi) is 5.80. The molecular formula is C20H23N3O3S3. The normalized spacial score (nSPS) is 20.8. The monoisotopic (exact) mass is 449 g/mol. The van der Waals surface area contributed by atoms with Crippen molar-refractivity contribution in [3.63, 3.8) is 0 Å². The van der Waals surface area contributed by atoms with E-state index in [4.69, 9.17) is 0 Å². The molecule has 2 aromatic heterocycles. The van der Waals surface area contributed by atoms with Crippen LogP contribution in [0.15, 0.2) is 21.7 Å². The molecule has 0 unspecified atom stereocenters. The standard InChI is InChI=1S/C20H23N3O3S3/c1-13-4-5-15-16(12-21)20(28-17(15)11-13)22-19(24)14-6-8-23(9-7-14)29(25,26)18-3-2-10-27-18/h2-3,10,13-14H,4-9,11H2,1H3,(H,22,24)/t13-/m0/s1. The number of hydrogen-bond donors (Lipinski definition) is 1. The highest BCUT2D eigenvalue weighted by atomic mass is 32.2. The molecule has 0 saturated carbocycles. The second-order valence-electron chi connectivity index (χ2n) is 7.77. The van der Waals surface area contributed by atoms with Gasteiger partial charge in [0.05, 0.1) is 5.56 Å². The van der Waals surface area contributed by atoms with Crippen LogP contribution in [0.5, 0.6) is 0 Å². The first-order valence-electron chi connectivity index (χ1n) is 9.79. The number of carbonyl (C=O) groups excluding carboxylic acids is 1. The van der Waals surface area contributed by atoms with Crippen LogP contribution < -0.4 is 5.32 Å². The maximum Gasteiger partial charge on any atom is 0.252 e. The molecule has 1 aliphatic carbocycles. The van der Waals surface area contributed by atoms with Gasteiger partial charge in [-0.25, -0.2) is 8.42 Å². The minimum Gasteiger partial charge on any atom is -0.316 e. The Morgan fingerprint density at radius 3 is 2.72 bits per heavy atom. The molecule has 0 spiro atoms. The molecule has 4 rings (SSSR count). The zero-order valence-electron chi connectivity index (χ0n) is 16.2. The number of anilines is 1. The number of carbonyl (C=O) groups is 1. The molecule has 0 bridgehead atoms. The summed E-state index contributed by atoms with van der Waals surface area (Å²) in [5.74, 6) is 0.251. The van der Waals surface area contributed by atoms with Crippen molar-refractivity contribution >= 4 is 43.6 Å². The smallest absolute Gasteiger partial charge is 0.252 e. The summed E-state index contributed by atoms with van der Waals surface area (Å²) in [6.45, 7) is 2.88. The van der Waals surface area contributed by atoms with E-state index in [1.54, 1.807) is 17.5 Å². The molecular weight excluding hydrogens is 426 g/mol. The topological polar surface area (TPSA) is 90.3 Å². The van der Waals surface area contributed by atoms with Gasteiger partial charge in [-0.05, 0) is 55.0 Å². The van der Waals surface area contributed by atoms with E-state index in [0.717, 1.165) is 24.8 Å². The lowest BCUT2D eigenvalue weighted by Crippen LogP contribution is -2.41. The van der Waals surface area contributed by atoms with E-state index in [0.29, 0.717) is 46.6 Å². The van der Waals surface area contributed by atoms with E-state index in [-0.39, 0.29) is 11.8 Å². The van der Waals surface area contributed by atoms with Gasteiger partial charge in [0.1, 0.15) is 15.3 Å². The molecule has 0 aromatic carbocycles. The Morgan fingerprint density at radius 1 is 1.31 bits per heavy atom. The van der Waals surface area contributed by atoms with E-state index >= 15 is 0 Å². The third kappa shape index (κ3) is 3.99. The number of hydrogen-bond acceptors (Lipinski definition) is 6. The van der Waals surface area contributed by atoms with Gasteiger partial charge in [-0.1, -0.05) is 13.0 Å². The summed E-state index contributed by atoms with van der Waals surface area (Å²) in [6.07, 6.45) is 3.90. The van der Waals surface area contributed by atoms with Crippen molar-refractivity contribution < 1.29 is 13.2 Å². The molecule has 1 aliphatic heterocycles. The van der Waals surface area contributed by atoms with Gasteiger partial charge in [-0.2, -0.15) is 9.57 Å².